The van der Waals surface area contributed by atoms with Crippen LogP contribution in [-0.2, 0) is 17.9 Å². The van der Waals surface area contributed by atoms with E-state index in [1.807, 2.05) is 43.3 Å². The van der Waals surface area contributed by atoms with E-state index < -0.39 is 0 Å². The summed E-state index contributed by atoms with van der Waals surface area (Å²) in [6.45, 7) is 3.22. The van der Waals surface area contributed by atoms with Gasteiger partial charge in [0, 0.05) is 31.6 Å². The predicted octanol–water partition coefficient (Wildman–Crippen LogP) is 2.31. The Balaban J connectivity index is 0.00000312. The summed E-state index contributed by atoms with van der Waals surface area (Å²) in [6, 6.07) is 15.3. The van der Waals surface area contributed by atoms with Crippen molar-refractivity contribution >= 4 is 24.2 Å². The number of aryl methyl sites for hydroxylation is 1. The zero-order chi connectivity index (χ0) is 17.4. The second kappa shape index (κ2) is 10.5. The van der Waals surface area contributed by atoms with Crippen molar-refractivity contribution in [2.24, 2.45) is 5.73 Å². The van der Waals surface area contributed by atoms with Gasteiger partial charge < -0.3 is 16.4 Å². The van der Waals surface area contributed by atoms with E-state index in [2.05, 4.69) is 10.6 Å². The van der Waals surface area contributed by atoms with E-state index in [0.29, 0.717) is 31.6 Å². The van der Waals surface area contributed by atoms with Crippen LogP contribution in [0.2, 0.25) is 0 Å². The third-order valence-corrected chi connectivity index (χ3v) is 3.62. The summed E-state index contributed by atoms with van der Waals surface area (Å²) in [6.07, 6.45) is 0.302. The lowest BCUT2D eigenvalue weighted by Gasteiger charge is -2.08. The van der Waals surface area contributed by atoms with Crippen molar-refractivity contribution in [2.45, 2.75) is 26.4 Å². The molecule has 2 aromatic carbocycles. The minimum atomic E-state index is -0.134. The molecule has 0 fully saturated rings. The van der Waals surface area contributed by atoms with E-state index >= 15 is 0 Å². The smallest absolute Gasteiger partial charge is 0.251 e. The maximum absolute atomic E-state index is 12.3. The average molecular weight is 362 g/mol. The quantitative estimate of drug-likeness (QED) is 0.707. The fourth-order valence-corrected chi connectivity index (χ4v) is 2.23. The second-order valence-electron chi connectivity index (χ2n) is 5.68. The van der Waals surface area contributed by atoms with Crippen molar-refractivity contribution < 1.29 is 9.59 Å². The molecule has 0 atom stereocenters. The van der Waals surface area contributed by atoms with Crippen LogP contribution in [0.1, 0.15) is 33.5 Å². The molecule has 2 aromatic rings. The summed E-state index contributed by atoms with van der Waals surface area (Å²) in [5, 5.41) is 5.68. The molecule has 0 spiro atoms. The Labute approximate surface area is 154 Å². The number of carbonyl (C=O) groups excluding carboxylic acids is 2. The maximum atomic E-state index is 12.3. The van der Waals surface area contributed by atoms with Gasteiger partial charge in [-0.25, -0.2) is 0 Å². The van der Waals surface area contributed by atoms with Crippen LogP contribution in [0.25, 0.3) is 0 Å². The fourth-order valence-electron chi connectivity index (χ4n) is 2.23. The Morgan fingerprint density at radius 3 is 2.32 bits per heavy atom. The molecule has 0 aliphatic carbocycles. The van der Waals surface area contributed by atoms with Gasteiger partial charge in [0.1, 0.15) is 0 Å². The predicted molar refractivity (Wildman–Crippen MR) is 102 cm³/mol. The molecule has 0 saturated carbocycles. The first-order valence-corrected chi connectivity index (χ1v) is 7.98. The first-order valence-electron chi connectivity index (χ1n) is 7.98. The third-order valence-electron chi connectivity index (χ3n) is 3.62. The van der Waals surface area contributed by atoms with E-state index in [1.54, 1.807) is 12.1 Å². The van der Waals surface area contributed by atoms with Crippen LogP contribution >= 0.6 is 12.4 Å². The van der Waals surface area contributed by atoms with Gasteiger partial charge in [-0.3, -0.25) is 9.59 Å². The van der Waals surface area contributed by atoms with E-state index in [9.17, 15) is 9.59 Å². The molecule has 0 saturated heterocycles. The van der Waals surface area contributed by atoms with E-state index in [0.717, 1.165) is 11.1 Å². The molecule has 6 heteroatoms. The number of rotatable bonds is 7. The number of carbonyl (C=O) groups is 2. The number of halogens is 1. The summed E-state index contributed by atoms with van der Waals surface area (Å²) in [7, 11) is 0. The highest BCUT2D eigenvalue weighted by molar-refractivity contribution is 5.94. The van der Waals surface area contributed by atoms with Crippen LogP contribution < -0.4 is 16.4 Å². The van der Waals surface area contributed by atoms with E-state index in [1.165, 1.54) is 5.56 Å². The Kier molecular flexibility index (Phi) is 8.67. The largest absolute Gasteiger partial charge is 0.352 e. The molecule has 0 bridgehead atoms. The summed E-state index contributed by atoms with van der Waals surface area (Å²) >= 11 is 0. The minimum Gasteiger partial charge on any atom is -0.352 e. The molecule has 134 valence electrons. The molecule has 0 radical (unpaired) electrons. The van der Waals surface area contributed by atoms with Crippen LogP contribution in [0, 0.1) is 6.92 Å². The zero-order valence-corrected chi connectivity index (χ0v) is 15.1. The van der Waals surface area contributed by atoms with Gasteiger partial charge in [-0.2, -0.15) is 0 Å². The lowest BCUT2D eigenvalue weighted by Crippen LogP contribution is -2.25. The Morgan fingerprint density at radius 2 is 1.64 bits per heavy atom. The van der Waals surface area contributed by atoms with Crippen LogP contribution in [0.15, 0.2) is 48.5 Å². The number of nitrogens with one attached hydrogen (secondary N) is 2. The molecule has 0 aliphatic rings. The number of amides is 2. The molecule has 2 rings (SSSR count). The van der Waals surface area contributed by atoms with Crippen LogP contribution in [0.3, 0.4) is 0 Å². The van der Waals surface area contributed by atoms with Crippen molar-refractivity contribution in [1.29, 1.82) is 0 Å². The number of hydrogen-bond donors (Lipinski definition) is 3. The molecular weight excluding hydrogens is 338 g/mol. The molecule has 2 amide bonds. The van der Waals surface area contributed by atoms with Crippen LogP contribution in [0.4, 0.5) is 0 Å². The van der Waals surface area contributed by atoms with Gasteiger partial charge in [0.05, 0.1) is 0 Å². The van der Waals surface area contributed by atoms with Gasteiger partial charge in [0.15, 0.2) is 0 Å². The van der Waals surface area contributed by atoms with Crippen LogP contribution in [0.5, 0.6) is 0 Å². The topological polar surface area (TPSA) is 84.2 Å². The average Bonchev–Trinajstić information content (AvgIpc) is 2.60. The molecule has 5 nitrogen and oxygen atoms in total. The molecular formula is C19H24ClN3O2. The fraction of sp³-hybridized carbons (Fsp3) is 0.263. The zero-order valence-electron chi connectivity index (χ0n) is 14.2. The lowest BCUT2D eigenvalue weighted by molar-refractivity contribution is -0.121. The van der Waals surface area contributed by atoms with Crippen molar-refractivity contribution in [2.75, 3.05) is 6.54 Å². The van der Waals surface area contributed by atoms with Crippen molar-refractivity contribution in [3.63, 3.8) is 0 Å². The molecule has 0 unspecified atom stereocenters. The summed E-state index contributed by atoms with van der Waals surface area (Å²) in [5.74, 6) is -0.225. The van der Waals surface area contributed by atoms with E-state index in [4.69, 9.17) is 5.73 Å². The minimum absolute atomic E-state index is 0. The first kappa shape index (κ1) is 20.7. The molecule has 0 aromatic heterocycles. The van der Waals surface area contributed by atoms with Gasteiger partial charge in [-0.15, -0.1) is 12.4 Å². The Morgan fingerprint density at radius 1 is 0.960 bits per heavy atom. The first-order chi connectivity index (χ1) is 11.6. The van der Waals surface area contributed by atoms with Gasteiger partial charge in [-0.1, -0.05) is 42.0 Å². The van der Waals surface area contributed by atoms with Crippen molar-refractivity contribution in [3.05, 3.63) is 70.8 Å². The van der Waals surface area contributed by atoms with Gasteiger partial charge in [0.2, 0.25) is 5.91 Å². The SMILES string of the molecule is Cc1ccc(CNC(=O)c2cccc(CNC(=O)CCN)c2)cc1.Cl. The van der Waals surface area contributed by atoms with Gasteiger partial charge in [0.25, 0.3) is 5.91 Å². The maximum Gasteiger partial charge on any atom is 0.251 e. The van der Waals surface area contributed by atoms with Crippen LogP contribution in [-0.4, -0.2) is 18.4 Å². The normalized spacial score (nSPS) is 9.84. The highest BCUT2D eigenvalue weighted by Crippen LogP contribution is 2.07. The summed E-state index contributed by atoms with van der Waals surface area (Å²) in [5.41, 5.74) is 9.04. The van der Waals surface area contributed by atoms with Gasteiger partial charge in [-0.05, 0) is 30.2 Å². The van der Waals surface area contributed by atoms with E-state index in [-0.39, 0.29) is 24.2 Å². The highest BCUT2D eigenvalue weighted by Gasteiger charge is 2.07. The lowest BCUT2D eigenvalue weighted by atomic mass is 10.1. The number of hydrogen-bond acceptors (Lipinski definition) is 3. The Bertz CT molecular complexity index is 702. The molecule has 4 N–H and O–H groups in total. The summed E-state index contributed by atoms with van der Waals surface area (Å²) in [4.78, 5) is 23.7. The second-order valence-corrected chi connectivity index (χ2v) is 5.68. The molecule has 0 heterocycles. The third kappa shape index (κ3) is 6.95. The Hall–Kier alpha value is -2.37. The van der Waals surface area contributed by atoms with Crippen molar-refractivity contribution in [1.82, 2.24) is 10.6 Å². The molecule has 0 aliphatic heterocycles. The number of benzene rings is 2. The van der Waals surface area contributed by atoms with Gasteiger partial charge >= 0.3 is 0 Å². The standard InChI is InChI=1S/C19H23N3O2.ClH/c1-14-5-7-15(8-6-14)12-22-19(24)17-4-2-3-16(11-17)13-21-18(23)9-10-20;/h2-8,11H,9-10,12-13,20H2,1H3,(H,21,23)(H,22,24);1H. The highest BCUT2D eigenvalue weighted by atomic mass is 35.5. The summed E-state index contributed by atoms with van der Waals surface area (Å²) < 4.78 is 0. The van der Waals surface area contributed by atoms with Crippen molar-refractivity contribution in [3.8, 4) is 0 Å². The monoisotopic (exact) mass is 361 g/mol. The number of nitrogens with two attached hydrogens (primary N) is 1. The molecule has 25 heavy (non-hydrogen) atoms.